The minimum absolute atomic E-state index is 0. The van der Waals surface area contributed by atoms with Crippen molar-refractivity contribution in [3.63, 3.8) is 0 Å². The summed E-state index contributed by atoms with van der Waals surface area (Å²) in [6, 6.07) is 0. The van der Waals surface area contributed by atoms with Gasteiger partial charge in [-0.1, -0.05) is 0 Å². The van der Waals surface area contributed by atoms with E-state index in [1.165, 1.54) is 13.8 Å². The van der Waals surface area contributed by atoms with Crippen LogP contribution in [0.25, 0.3) is 0 Å². The molecule has 0 fully saturated rings. The van der Waals surface area contributed by atoms with Crippen molar-refractivity contribution in [2.24, 2.45) is 0 Å². The Hall–Kier alpha value is 0.196. The number of hydrogen-bond donors (Lipinski definition) is 2. The molecule has 0 saturated carbocycles. The van der Waals surface area contributed by atoms with Gasteiger partial charge in [0, 0.05) is 23.1 Å². The van der Waals surface area contributed by atoms with Crippen molar-refractivity contribution in [2.45, 2.75) is 25.9 Å². The average molecular weight is 142 g/mol. The summed E-state index contributed by atoms with van der Waals surface area (Å²) in [5.41, 5.74) is -1.08. The minimum atomic E-state index is -1.08. The fraction of sp³-hybridized carbons (Fsp3) is 0.800. The minimum Gasteiger partial charge on any atom is -0.481 e. The molecular formula is C5H10MgO3. The van der Waals surface area contributed by atoms with E-state index in [4.69, 9.17) is 10.2 Å². The molecule has 4 heteroatoms. The maximum atomic E-state index is 9.85. The Balaban J connectivity index is 0. The summed E-state index contributed by atoms with van der Waals surface area (Å²) < 4.78 is 0. The highest BCUT2D eigenvalue weighted by atomic mass is 24.3. The lowest BCUT2D eigenvalue weighted by Crippen LogP contribution is -2.22. The molecular weight excluding hydrogens is 132 g/mol. The zero-order chi connectivity index (χ0) is 6.78. The van der Waals surface area contributed by atoms with Gasteiger partial charge in [-0.3, -0.25) is 4.79 Å². The fourth-order valence-electron chi connectivity index (χ4n) is 0.370. The van der Waals surface area contributed by atoms with E-state index in [0.29, 0.717) is 0 Å². The van der Waals surface area contributed by atoms with Crippen LogP contribution in [0, 0.1) is 0 Å². The van der Waals surface area contributed by atoms with Gasteiger partial charge in [0.2, 0.25) is 0 Å². The molecule has 0 saturated heterocycles. The molecule has 0 heterocycles. The Morgan fingerprint density at radius 2 is 1.89 bits per heavy atom. The van der Waals surface area contributed by atoms with Crippen LogP contribution in [-0.2, 0) is 4.79 Å². The summed E-state index contributed by atoms with van der Waals surface area (Å²) in [7, 11) is 0. The number of aliphatic hydroxyl groups is 1. The van der Waals surface area contributed by atoms with Gasteiger partial charge in [0.15, 0.2) is 0 Å². The predicted octanol–water partition coefficient (Wildman–Crippen LogP) is -0.149. The second-order valence-electron chi connectivity index (χ2n) is 2.38. The van der Waals surface area contributed by atoms with Gasteiger partial charge in [0.25, 0.3) is 0 Å². The summed E-state index contributed by atoms with van der Waals surface area (Å²) in [4.78, 5) is 9.85. The van der Waals surface area contributed by atoms with E-state index >= 15 is 0 Å². The molecule has 0 unspecified atom stereocenters. The van der Waals surface area contributed by atoms with Crippen molar-refractivity contribution in [3.05, 3.63) is 0 Å². The third kappa shape index (κ3) is 11.7. The third-order valence-electron chi connectivity index (χ3n) is 0.584. The molecule has 50 valence electrons. The maximum Gasteiger partial charge on any atom is 0.306 e. The molecule has 0 aromatic heterocycles. The second-order valence-corrected chi connectivity index (χ2v) is 2.38. The van der Waals surface area contributed by atoms with Gasteiger partial charge in [-0.15, -0.1) is 0 Å². The molecule has 0 atom stereocenters. The number of carboxylic acids is 1. The van der Waals surface area contributed by atoms with E-state index in [9.17, 15) is 4.79 Å². The van der Waals surface area contributed by atoms with Crippen molar-refractivity contribution in [1.29, 1.82) is 0 Å². The van der Waals surface area contributed by atoms with Crippen molar-refractivity contribution < 1.29 is 15.0 Å². The van der Waals surface area contributed by atoms with Crippen molar-refractivity contribution in [1.82, 2.24) is 0 Å². The first-order chi connectivity index (χ1) is 3.42. The van der Waals surface area contributed by atoms with Crippen molar-refractivity contribution >= 4 is 29.0 Å². The Morgan fingerprint density at radius 3 is 1.89 bits per heavy atom. The third-order valence-corrected chi connectivity index (χ3v) is 0.584. The fourth-order valence-corrected chi connectivity index (χ4v) is 0.370. The van der Waals surface area contributed by atoms with Crippen LogP contribution in [0.3, 0.4) is 0 Å². The van der Waals surface area contributed by atoms with E-state index in [1.54, 1.807) is 0 Å². The Labute approximate surface area is 70.2 Å². The van der Waals surface area contributed by atoms with Crippen LogP contribution in [0.5, 0.6) is 0 Å². The standard InChI is InChI=1S/C5H10O3.Mg/c1-5(2,8)3-4(6)7;/h8H,3H2,1-2H3,(H,6,7);. The highest BCUT2D eigenvalue weighted by Crippen LogP contribution is 2.05. The quantitative estimate of drug-likeness (QED) is 0.527. The highest BCUT2D eigenvalue weighted by Gasteiger charge is 2.16. The molecule has 2 N–H and O–H groups in total. The maximum absolute atomic E-state index is 9.85. The van der Waals surface area contributed by atoms with Crippen LogP contribution in [-0.4, -0.2) is 44.8 Å². The lowest BCUT2D eigenvalue weighted by Gasteiger charge is -2.12. The molecule has 0 aliphatic rings. The predicted molar refractivity (Wildman–Crippen MR) is 34.3 cm³/mol. The molecule has 0 bridgehead atoms. The molecule has 3 nitrogen and oxygen atoms in total. The first kappa shape index (κ1) is 11.9. The second kappa shape index (κ2) is 4.08. The number of hydrogen-bond acceptors (Lipinski definition) is 2. The highest BCUT2D eigenvalue weighted by molar-refractivity contribution is 5.75. The molecule has 0 aromatic rings. The number of carboxylic acid groups (broad SMARTS) is 1. The van der Waals surface area contributed by atoms with E-state index in [-0.39, 0.29) is 29.5 Å². The van der Waals surface area contributed by atoms with Crippen molar-refractivity contribution in [3.8, 4) is 0 Å². The number of rotatable bonds is 2. The van der Waals surface area contributed by atoms with Crippen LogP contribution in [0.15, 0.2) is 0 Å². The molecule has 9 heavy (non-hydrogen) atoms. The van der Waals surface area contributed by atoms with E-state index < -0.39 is 11.6 Å². The molecule has 0 spiro atoms. The summed E-state index contributed by atoms with van der Waals surface area (Å²) in [5.74, 6) is -0.975. The van der Waals surface area contributed by atoms with Gasteiger partial charge in [0.05, 0.1) is 12.0 Å². The molecule has 2 radical (unpaired) electrons. The van der Waals surface area contributed by atoms with Crippen LogP contribution >= 0.6 is 0 Å². The Kier molecular flexibility index (Phi) is 5.41. The van der Waals surface area contributed by atoms with Gasteiger partial charge in [0.1, 0.15) is 0 Å². The van der Waals surface area contributed by atoms with E-state index in [0.717, 1.165) is 0 Å². The zero-order valence-electron chi connectivity index (χ0n) is 5.72. The van der Waals surface area contributed by atoms with Crippen LogP contribution in [0.2, 0.25) is 0 Å². The molecule has 0 aliphatic carbocycles. The summed E-state index contributed by atoms with van der Waals surface area (Å²) in [6.45, 7) is 2.92. The molecule has 0 aliphatic heterocycles. The number of aliphatic carboxylic acids is 1. The molecule has 0 amide bonds. The Morgan fingerprint density at radius 1 is 1.56 bits per heavy atom. The van der Waals surface area contributed by atoms with E-state index in [2.05, 4.69) is 0 Å². The van der Waals surface area contributed by atoms with Crippen molar-refractivity contribution in [2.75, 3.05) is 0 Å². The SMILES string of the molecule is CC(C)(O)CC(=O)O.[Mg]. The van der Waals surface area contributed by atoms with Crippen LogP contribution in [0.4, 0.5) is 0 Å². The monoisotopic (exact) mass is 142 g/mol. The molecule has 0 rings (SSSR count). The lowest BCUT2D eigenvalue weighted by atomic mass is 10.1. The first-order valence-corrected chi connectivity index (χ1v) is 2.36. The van der Waals surface area contributed by atoms with Gasteiger partial charge < -0.3 is 10.2 Å². The summed E-state index contributed by atoms with van der Waals surface area (Å²) in [5, 5.41) is 16.9. The normalized spacial score (nSPS) is 10.1. The van der Waals surface area contributed by atoms with Gasteiger partial charge in [-0.2, -0.15) is 0 Å². The van der Waals surface area contributed by atoms with Gasteiger partial charge >= 0.3 is 5.97 Å². The zero-order valence-corrected chi connectivity index (χ0v) is 7.13. The van der Waals surface area contributed by atoms with Crippen LogP contribution in [0.1, 0.15) is 20.3 Å². The van der Waals surface area contributed by atoms with Gasteiger partial charge in [-0.25, -0.2) is 0 Å². The largest absolute Gasteiger partial charge is 0.481 e. The smallest absolute Gasteiger partial charge is 0.306 e. The summed E-state index contributed by atoms with van der Waals surface area (Å²) in [6.07, 6.45) is -0.201. The van der Waals surface area contributed by atoms with Crippen LogP contribution < -0.4 is 0 Å². The topological polar surface area (TPSA) is 57.5 Å². The number of carbonyl (C=O) groups is 1. The molecule has 0 aromatic carbocycles. The first-order valence-electron chi connectivity index (χ1n) is 2.36. The average Bonchev–Trinajstić information content (AvgIpc) is 1.21. The lowest BCUT2D eigenvalue weighted by molar-refractivity contribution is -0.141. The Bertz CT molecular complexity index is 94.9. The summed E-state index contributed by atoms with van der Waals surface area (Å²) >= 11 is 0. The van der Waals surface area contributed by atoms with E-state index in [1.807, 2.05) is 0 Å². The van der Waals surface area contributed by atoms with Gasteiger partial charge in [-0.05, 0) is 13.8 Å².